The molecule has 2 aromatic rings. The van der Waals surface area contributed by atoms with Gasteiger partial charge >= 0.3 is 6.03 Å². The molecule has 4 rings (SSSR count). The maximum atomic E-state index is 13.9. The minimum atomic E-state index is -1.25. The molecule has 0 spiro atoms. The van der Waals surface area contributed by atoms with Gasteiger partial charge in [-0.1, -0.05) is 12.1 Å². The van der Waals surface area contributed by atoms with Crippen molar-refractivity contribution >= 4 is 23.5 Å². The summed E-state index contributed by atoms with van der Waals surface area (Å²) in [6, 6.07) is 9.51. The van der Waals surface area contributed by atoms with Gasteiger partial charge in [0.05, 0.1) is 0 Å². The molecule has 192 valence electrons. The average Bonchev–Trinajstić information content (AvgIpc) is 2.86. The fraction of sp³-hybridized carbons (Fsp3) is 0.423. The molecule has 0 bridgehead atoms. The SMILES string of the molecule is Cc1cccc(NC(=O)N2CCCN(C(=O)c3ccc(F)c(F)c3)C2C(=O)NC2CCC(N)CC2)c1. The van der Waals surface area contributed by atoms with Gasteiger partial charge in [0, 0.05) is 36.4 Å². The monoisotopic (exact) mass is 499 g/mol. The number of carbonyl (C=O) groups excluding carboxylic acids is 3. The van der Waals surface area contributed by atoms with E-state index in [9.17, 15) is 23.2 Å². The van der Waals surface area contributed by atoms with Crippen LogP contribution in [0.25, 0.3) is 0 Å². The van der Waals surface area contributed by atoms with E-state index < -0.39 is 35.6 Å². The summed E-state index contributed by atoms with van der Waals surface area (Å²) < 4.78 is 27.3. The van der Waals surface area contributed by atoms with Gasteiger partial charge in [-0.25, -0.2) is 13.6 Å². The lowest BCUT2D eigenvalue weighted by Gasteiger charge is -2.43. The summed E-state index contributed by atoms with van der Waals surface area (Å²) >= 11 is 0. The summed E-state index contributed by atoms with van der Waals surface area (Å²) in [6.07, 6.45) is 2.10. The van der Waals surface area contributed by atoms with E-state index in [-0.39, 0.29) is 30.7 Å². The maximum absolute atomic E-state index is 13.9. The van der Waals surface area contributed by atoms with Crippen molar-refractivity contribution in [3.63, 3.8) is 0 Å². The van der Waals surface area contributed by atoms with Crippen molar-refractivity contribution < 1.29 is 23.2 Å². The van der Waals surface area contributed by atoms with Crippen LogP contribution >= 0.6 is 0 Å². The lowest BCUT2D eigenvalue weighted by atomic mass is 9.91. The quantitative estimate of drug-likeness (QED) is 0.600. The average molecular weight is 500 g/mol. The molecule has 8 nitrogen and oxygen atoms in total. The minimum absolute atomic E-state index is 0.0934. The number of aryl methyl sites for hydroxylation is 1. The van der Waals surface area contributed by atoms with Crippen molar-refractivity contribution in [2.75, 3.05) is 18.4 Å². The lowest BCUT2D eigenvalue weighted by molar-refractivity contribution is -0.133. The number of anilines is 1. The fourth-order valence-electron chi connectivity index (χ4n) is 4.78. The fourth-order valence-corrected chi connectivity index (χ4v) is 4.78. The Morgan fingerprint density at radius 1 is 0.944 bits per heavy atom. The van der Waals surface area contributed by atoms with E-state index in [2.05, 4.69) is 10.6 Å². The van der Waals surface area contributed by atoms with Crippen LogP contribution in [-0.4, -0.2) is 59.0 Å². The standard InChI is InChI=1S/C26H31F2N5O3/c1-16-4-2-5-20(14-16)31-26(36)33-13-3-12-32(25(35)17-6-11-21(27)22(28)15-17)24(33)23(34)30-19-9-7-18(29)8-10-19/h2,4-6,11,14-15,18-19,24H,3,7-10,12-13,29H2,1H3,(H,30,34)(H,31,36). The number of nitrogens with two attached hydrogens (primary N) is 1. The van der Waals surface area contributed by atoms with E-state index in [1.54, 1.807) is 18.2 Å². The van der Waals surface area contributed by atoms with E-state index >= 15 is 0 Å². The van der Waals surface area contributed by atoms with E-state index in [1.165, 1.54) is 15.9 Å². The second-order valence-corrected chi connectivity index (χ2v) is 9.47. The molecule has 4 N–H and O–H groups in total. The highest BCUT2D eigenvalue weighted by Gasteiger charge is 2.41. The molecule has 2 fully saturated rings. The predicted octanol–water partition coefficient (Wildman–Crippen LogP) is 3.37. The molecular formula is C26H31F2N5O3. The molecule has 2 aromatic carbocycles. The highest BCUT2D eigenvalue weighted by molar-refractivity contribution is 6.00. The minimum Gasteiger partial charge on any atom is -0.350 e. The number of amides is 4. The Morgan fingerprint density at radius 2 is 1.67 bits per heavy atom. The van der Waals surface area contributed by atoms with E-state index in [4.69, 9.17) is 5.73 Å². The van der Waals surface area contributed by atoms with Crippen molar-refractivity contribution in [1.29, 1.82) is 0 Å². The Morgan fingerprint density at radius 3 is 2.36 bits per heavy atom. The number of carbonyl (C=O) groups is 3. The van der Waals surface area contributed by atoms with Crippen molar-refractivity contribution in [2.45, 2.75) is 57.3 Å². The Kier molecular flexibility index (Phi) is 7.83. The summed E-state index contributed by atoms with van der Waals surface area (Å²) in [6.45, 7) is 2.32. The number of benzene rings is 2. The van der Waals surface area contributed by atoms with Crippen LogP contribution in [0.1, 0.15) is 48.0 Å². The molecule has 1 saturated carbocycles. The van der Waals surface area contributed by atoms with Gasteiger partial charge in [-0.15, -0.1) is 0 Å². The Labute approximate surface area is 208 Å². The van der Waals surface area contributed by atoms with Gasteiger partial charge in [-0.05, 0) is 74.9 Å². The van der Waals surface area contributed by atoms with Crippen LogP contribution in [0.3, 0.4) is 0 Å². The molecule has 1 saturated heterocycles. The second-order valence-electron chi connectivity index (χ2n) is 9.47. The normalized spacial score (nSPS) is 22.2. The van der Waals surface area contributed by atoms with Crippen LogP contribution in [0, 0.1) is 18.6 Å². The van der Waals surface area contributed by atoms with Gasteiger partial charge in [0.25, 0.3) is 11.8 Å². The van der Waals surface area contributed by atoms with Crippen molar-refractivity contribution in [2.24, 2.45) is 5.73 Å². The summed E-state index contributed by atoms with van der Waals surface area (Å²) in [5.74, 6) is -3.39. The molecule has 10 heteroatoms. The first-order chi connectivity index (χ1) is 17.2. The predicted molar refractivity (Wildman–Crippen MR) is 131 cm³/mol. The molecule has 1 atom stereocenters. The van der Waals surface area contributed by atoms with Gasteiger partial charge in [0.2, 0.25) is 0 Å². The number of halogens is 2. The summed E-state index contributed by atoms with van der Waals surface area (Å²) in [5, 5.41) is 5.79. The third kappa shape index (κ3) is 5.81. The van der Waals surface area contributed by atoms with Gasteiger partial charge in [-0.2, -0.15) is 0 Å². The lowest BCUT2D eigenvalue weighted by Crippen LogP contribution is -2.65. The molecule has 36 heavy (non-hydrogen) atoms. The Balaban J connectivity index is 1.60. The summed E-state index contributed by atoms with van der Waals surface area (Å²) in [4.78, 5) is 42.8. The topological polar surface area (TPSA) is 108 Å². The first-order valence-electron chi connectivity index (χ1n) is 12.2. The summed E-state index contributed by atoms with van der Waals surface area (Å²) in [7, 11) is 0. The number of rotatable bonds is 4. The van der Waals surface area contributed by atoms with Crippen LogP contribution in [0.5, 0.6) is 0 Å². The molecule has 1 aliphatic heterocycles. The van der Waals surface area contributed by atoms with E-state index in [1.807, 2.05) is 13.0 Å². The van der Waals surface area contributed by atoms with Crippen LogP contribution in [-0.2, 0) is 4.79 Å². The highest BCUT2D eigenvalue weighted by Crippen LogP contribution is 2.23. The third-order valence-electron chi connectivity index (χ3n) is 6.70. The molecule has 1 aliphatic carbocycles. The zero-order valence-corrected chi connectivity index (χ0v) is 20.2. The Hall–Kier alpha value is -3.53. The van der Waals surface area contributed by atoms with Gasteiger partial charge < -0.3 is 21.3 Å². The number of nitrogens with one attached hydrogen (secondary N) is 2. The smallest absolute Gasteiger partial charge is 0.323 e. The first-order valence-corrected chi connectivity index (χ1v) is 12.2. The van der Waals surface area contributed by atoms with Crippen LogP contribution in [0.2, 0.25) is 0 Å². The van der Waals surface area contributed by atoms with Crippen molar-refractivity contribution in [3.05, 3.63) is 65.2 Å². The zero-order chi connectivity index (χ0) is 25.8. The van der Waals surface area contributed by atoms with E-state index in [0.29, 0.717) is 24.9 Å². The van der Waals surface area contributed by atoms with Gasteiger partial charge in [0.15, 0.2) is 17.8 Å². The van der Waals surface area contributed by atoms with Crippen LogP contribution in [0.4, 0.5) is 19.3 Å². The van der Waals surface area contributed by atoms with E-state index in [0.717, 1.165) is 30.5 Å². The van der Waals surface area contributed by atoms with Crippen molar-refractivity contribution in [3.8, 4) is 0 Å². The largest absolute Gasteiger partial charge is 0.350 e. The molecule has 4 amide bonds. The van der Waals surface area contributed by atoms with Gasteiger partial charge in [-0.3, -0.25) is 14.5 Å². The molecule has 0 aromatic heterocycles. The first kappa shape index (κ1) is 25.6. The molecule has 2 aliphatic rings. The number of hydrogen-bond acceptors (Lipinski definition) is 4. The highest BCUT2D eigenvalue weighted by atomic mass is 19.2. The summed E-state index contributed by atoms with van der Waals surface area (Å²) in [5.41, 5.74) is 7.39. The second kappa shape index (κ2) is 11.0. The number of nitrogens with zero attached hydrogens (tertiary/aromatic N) is 2. The Bertz CT molecular complexity index is 1140. The third-order valence-corrected chi connectivity index (χ3v) is 6.70. The molecule has 0 radical (unpaired) electrons. The van der Waals surface area contributed by atoms with Crippen LogP contribution in [0.15, 0.2) is 42.5 Å². The molecule has 1 unspecified atom stereocenters. The van der Waals surface area contributed by atoms with Crippen molar-refractivity contribution in [1.82, 2.24) is 15.1 Å². The zero-order valence-electron chi connectivity index (χ0n) is 20.2. The number of urea groups is 1. The van der Waals surface area contributed by atoms with Crippen LogP contribution < -0.4 is 16.4 Å². The van der Waals surface area contributed by atoms with Gasteiger partial charge in [0.1, 0.15) is 0 Å². The molecule has 1 heterocycles. The molecular weight excluding hydrogens is 468 g/mol. The number of hydrogen-bond donors (Lipinski definition) is 3. The maximum Gasteiger partial charge on any atom is 0.323 e.